The molecule has 0 aromatic carbocycles. The van der Waals surface area contributed by atoms with Gasteiger partial charge in [-0.15, -0.1) is 0 Å². The number of ether oxygens (including phenoxy) is 1. The number of nitrogens with one attached hydrogen (secondary N) is 1. The summed E-state index contributed by atoms with van der Waals surface area (Å²) in [6, 6.07) is 0. The highest BCUT2D eigenvalue weighted by atomic mass is 16.5. The van der Waals surface area contributed by atoms with E-state index in [1.54, 1.807) is 11.8 Å². The zero-order valence-corrected chi connectivity index (χ0v) is 12.9. The van der Waals surface area contributed by atoms with E-state index in [0.29, 0.717) is 12.4 Å². The first-order valence-corrected chi connectivity index (χ1v) is 6.37. The average molecular weight is 257 g/mol. The van der Waals surface area contributed by atoms with E-state index in [1.165, 1.54) is 6.92 Å². The van der Waals surface area contributed by atoms with E-state index in [4.69, 9.17) is 4.74 Å². The van der Waals surface area contributed by atoms with E-state index in [9.17, 15) is 4.79 Å². The molecule has 1 aromatic rings. The van der Waals surface area contributed by atoms with Gasteiger partial charge in [0.15, 0.2) is 0 Å². The number of rotatable bonds is 3. The molecule has 106 valence electrons. The van der Waals surface area contributed by atoms with E-state index in [2.05, 4.69) is 10.4 Å². The van der Waals surface area contributed by atoms with Crippen molar-refractivity contribution in [3.63, 3.8) is 0 Å². The largest absolute Gasteiger partial charge is 0.481 e. The molecule has 5 heteroatoms. The van der Waals surface area contributed by atoms with Crippen LogP contribution in [0.1, 0.15) is 45.9 Å². The van der Waals surface area contributed by atoms with E-state index >= 15 is 0 Å². The first-order chi connectivity index (χ1) is 8.56. The summed E-state index contributed by atoms with van der Waals surface area (Å²) in [5, 5.41) is 6.92. The number of hydrogen-bond donors (Lipinski definition) is 1. The highest BCUT2D eigenvalue weighted by molar-refractivity contribution is 5.72. The van der Waals surface area contributed by atoms with Crippen molar-refractivity contribution < 1.29 is 9.53 Å². The van der Waals surface area contributed by atoms with Crippen molar-refractivity contribution in [2.24, 2.45) is 7.05 Å². The van der Waals surface area contributed by atoms with Gasteiger partial charge in [0.1, 0.15) is 0 Å². The van der Waals surface area contributed by atoms with Crippen LogP contribution in [0, 0.1) is 6.92 Å². The lowest BCUT2D eigenvalue weighted by Gasteiger charge is -2.04. The molecule has 1 amide bonds. The molecule has 0 bridgehead atoms. The molecule has 0 radical (unpaired) electrons. The molecular weight excluding hydrogens is 230 g/mol. The van der Waals surface area contributed by atoms with Crippen molar-refractivity contribution in [3.05, 3.63) is 11.3 Å². The van der Waals surface area contributed by atoms with Crippen molar-refractivity contribution in [2.75, 3.05) is 7.11 Å². The Balaban J connectivity index is 0. The molecule has 1 aromatic heterocycles. The number of nitrogens with zero attached hydrogens (tertiary/aromatic N) is 2. The van der Waals surface area contributed by atoms with Crippen molar-refractivity contribution in [1.82, 2.24) is 15.1 Å². The van der Waals surface area contributed by atoms with E-state index in [-0.39, 0.29) is 5.91 Å². The van der Waals surface area contributed by atoms with Crippen molar-refractivity contribution in [3.8, 4) is 5.88 Å². The topological polar surface area (TPSA) is 56.1 Å². The Kier molecular flexibility index (Phi) is 11.1. The van der Waals surface area contributed by atoms with E-state index in [0.717, 1.165) is 11.3 Å². The predicted molar refractivity (Wildman–Crippen MR) is 74.7 cm³/mol. The minimum Gasteiger partial charge on any atom is -0.481 e. The molecule has 0 atom stereocenters. The Morgan fingerprint density at radius 3 is 2.22 bits per heavy atom. The number of amides is 1. The predicted octanol–water partition coefficient (Wildman–Crippen LogP) is 2.43. The smallest absolute Gasteiger partial charge is 0.217 e. The molecule has 1 rings (SSSR count). The summed E-state index contributed by atoms with van der Waals surface area (Å²) in [6.45, 7) is 11.8. The zero-order valence-electron chi connectivity index (χ0n) is 12.9. The molecule has 0 spiro atoms. The Labute approximate surface area is 111 Å². The number of aromatic nitrogens is 2. The molecule has 0 unspecified atom stereocenters. The third-order valence-electron chi connectivity index (χ3n) is 2.00. The Morgan fingerprint density at radius 1 is 1.33 bits per heavy atom. The van der Waals surface area contributed by atoms with Crippen LogP contribution in [-0.2, 0) is 18.4 Å². The molecule has 0 aliphatic carbocycles. The second-order valence-electron chi connectivity index (χ2n) is 3.11. The van der Waals surface area contributed by atoms with Gasteiger partial charge in [0.25, 0.3) is 0 Å². The number of methoxy groups -OCH3 is 1. The van der Waals surface area contributed by atoms with Crippen LogP contribution in [0.15, 0.2) is 0 Å². The molecule has 1 heterocycles. The highest BCUT2D eigenvalue weighted by Gasteiger charge is 2.13. The van der Waals surface area contributed by atoms with E-state index in [1.807, 2.05) is 41.7 Å². The first kappa shape index (κ1) is 18.8. The van der Waals surface area contributed by atoms with E-state index < -0.39 is 0 Å². The second kappa shape index (κ2) is 10.6. The maximum Gasteiger partial charge on any atom is 0.217 e. The molecule has 0 fully saturated rings. The number of carbonyl (C=O) groups is 1. The van der Waals surface area contributed by atoms with Crippen LogP contribution < -0.4 is 10.1 Å². The van der Waals surface area contributed by atoms with Gasteiger partial charge in [-0.3, -0.25) is 4.79 Å². The molecule has 0 saturated carbocycles. The van der Waals surface area contributed by atoms with Gasteiger partial charge in [-0.2, -0.15) is 5.10 Å². The average Bonchev–Trinajstić information content (AvgIpc) is 2.65. The number of carbonyl (C=O) groups excluding carboxylic acids is 1. The van der Waals surface area contributed by atoms with Crippen LogP contribution >= 0.6 is 0 Å². The minimum atomic E-state index is -0.0599. The van der Waals surface area contributed by atoms with Crippen LogP contribution in [-0.4, -0.2) is 22.8 Å². The molecule has 0 aliphatic heterocycles. The monoisotopic (exact) mass is 257 g/mol. The van der Waals surface area contributed by atoms with Crippen molar-refractivity contribution in [1.29, 1.82) is 0 Å². The normalized spacial score (nSPS) is 8.44. The molecule has 5 nitrogen and oxygen atoms in total. The second-order valence-corrected chi connectivity index (χ2v) is 3.11. The molecule has 18 heavy (non-hydrogen) atoms. The van der Waals surface area contributed by atoms with Gasteiger partial charge in [-0.1, -0.05) is 27.7 Å². The molecule has 1 N–H and O–H groups in total. The maximum atomic E-state index is 10.8. The summed E-state index contributed by atoms with van der Waals surface area (Å²) in [4.78, 5) is 10.8. The summed E-state index contributed by atoms with van der Waals surface area (Å²) in [6.07, 6.45) is 0. The quantitative estimate of drug-likeness (QED) is 0.904. The van der Waals surface area contributed by atoms with Crippen LogP contribution in [0.25, 0.3) is 0 Å². The van der Waals surface area contributed by atoms with Gasteiger partial charge < -0.3 is 10.1 Å². The van der Waals surface area contributed by atoms with Crippen molar-refractivity contribution in [2.45, 2.75) is 48.1 Å². The summed E-state index contributed by atoms with van der Waals surface area (Å²) in [7, 11) is 3.40. The molecule has 0 aliphatic rings. The fraction of sp³-hybridized carbons (Fsp3) is 0.692. The van der Waals surface area contributed by atoms with Crippen LogP contribution in [0.5, 0.6) is 5.88 Å². The van der Waals surface area contributed by atoms with Gasteiger partial charge >= 0.3 is 0 Å². The highest BCUT2D eigenvalue weighted by Crippen LogP contribution is 2.20. The Bertz CT molecular complexity index is 346. The molecule has 0 saturated heterocycles. The Hall–Kier alpha value is -1.52. The SMILES string of the molecule is CC.CC.COc1c(CNC(C)=O)c(C)nn1C. The van der Waals surface area contributed by atoms with Gasteiger partial charge in [0.05, 0.1) is 18.4 Å². The number of aryl methyl sites for hydroxylation is 2. The lowest BCUT2D eigenvalue weighted by molar-refractivity contribution is -0.119. The maximum absolute atomic E-state index is 10.8. The lowest BCUT2D eigenvalue weighted by Crippen LogP contribution is -2.19. The summed E-state index contributed by atoms with van der Waals surface area (Å²) in [5.74, 6) is 0.631. The third kappa shape index (κ3) is 5.70. The van der Waals surface area contributed by atoms with Gasteiger partial charge in [0.2, 0.25) is 11.8 Å². The first-order valence-electron chi connectivity index (χ1n) is 6.37. The van der Waals surface area contributed by atoms with Gasteiger partial charge in [0, 0.05) is 20.5 Å². The standard InChI is InChI=1S/C9H15N3O2.2C2H6/c1-6-8(5-10-7(2)13)9(14-4)12(3)11-6;2*1-2/h5H2,1-4H3,(H,10,13);2*1-2H3. The lowest BCUT2D eigenvalue weighted by atomic mass is 10.2. The fourth-order valence-electron chi connectivity index (χ4n) is 1.35. The van der Waals surface area contributed by atoms with Crippen LogP contribution in [0.3, 0.4) is 0 Å². The fourth-order valence-corrected chi connectivity index (χ4v) is 1.35. The third-order valence-corrected chi connectivity index (χ3v) is 2.00. The Morgan fingerprint density at radius 2 is 1.83 bits per heavy atom. The summed E-state index contributed by atoms with van der Waals surface area (Å²) < 4.78 is 6.84. The summed E-state index contributed by atoms with van der Waals surface area (Å²) in [5.41, 5.74) is 1.79. The molecular formula is C13H27N3O2. The van der Waals surface area contributed by atoms with Gasteiger partial charge in [-0.05, 0) is 6.92 Å². The zero-order chi connectivity index (χ0) is 14.7. The van der Waals surface area contributed by atoms with Crippen molar-refractivity contribution >= 4 is 5.91 Å². The summed E-state index contributed by atoms with van der Waals surface area (Å²) >= 11 is 0. The van der Waals surface area contributed by atoms with Gasteiger partial charge in [-0.25, -0.2) is 4.68 Å². The van der Waals surface area contributed by atoms with Crippen LogP contribution in [0.2, 0.25) is 0 Å². The van der Waals surface area contributed by atoms with Crippen LogP contribution in [0.4, 0.5) is 0 Å². The minimum absolute atomic E-state index is 0.0599. The number of hydrogen-bond acceptors (Lipinski definition) is 3.